The summed E-state index contributed by atoms with van der Waals surface area (Å²) in [7, 11) is 0. The molecule has 0 aliphatic heterocycles. The molecule has 25 heavy (non-hydrogen) atoms. The van der Waals surface area contributed by atoms with E-state index >= 15 is 0 Å². The van der Waals surface area contributed by atoms with Gasteiger partial charge in [0, 0.05) is 24.8 Å². The van der Waals surface area contributed by atoms with Crippen molar-refractivity contribution in [3.05, 3.63) is 53.9 Å². The molecular weight excluding hydrogens is 318 g/mol. The van der Waals surface area contributed by atoms with Crippen LogP contribution in [0.15, 0.2) is 42.6 Å². The van der Waals surface area contributed by atoms with Gasteiger partial charge in [0.05, 0.1) is 0 Å². The lowest BCUT2D eigenvalue weighted by Crippen LogP contribution is -2.27. The van der Waals surface area contributed by atoms with Gasteiger partial charge in [0.2, 0.25) is 0 Å². The van der Waals surface area contributed by atoms with Crippen LogP contribution in [0.25, 0.3) is 11.1 Å². The Balaban J connectivity index is 2.28. The van der Waals surface area contributed by atoms with E-state index in [0.717, 1.165) is 17.5 Å². The highest BCUT2D eigenvalue weighted by Crippen LogP contribution is 2.26. The third-order valence-corrected chi connectivity index (χ3v) is 3.77. The largest absolute Gasteiger partial charge is 0.465 e. The van der Waals surface area contributed by atoms with Crippen molar-refractivity contribution in [1.82, 2.24) is 15.6 Å². The lowest BCUT2D eigenvalue weighted by Gasteiger charge is -2.13. The molecule has 3 N–H and O–H groups in total. The van der Waals surface area contributed by atoms with Crippen molar-refractivity contribution in [2.45, 2.75) is 26.8 Å². The molecule has 0 spiro atoms. The van der Waals surface area contributed by atoms with E-state index in [1.807, 2.05) is 30.3 Å². The predicted molar refractivity (Wildman–Crippen MR) is 96.3 cm³/mol. The first-order chi connectivity index (χ1) is 12.0. The molecule has 2 aromatic rings. The maximum absolute atomic E-state index is 12.5. The number of amides is 2. The second-order valence-corrected chi connectivity index (χ2v) is 6.15. The summed E-state index contributed by atoms with van der Waals surface area (Å²) in [5.74, 6) is 0.281. The SMILES string of the molecule is CC(C)CCNC(=O)c1ncccc1-c1ccccc1CNC(=O)O. The van der Waals surface area contributed by atoms with Gasteiger partial charge in [-0.2, -0.15) is 0 Å². The third kappa shape index (κ3) is 5.31. The fraction of sp³-hybridized carbons (Fsp3) is 0.316. The van der Waals surface area contributed by atoms with Gasteiger partial charge in [0.1, 0.15) is 5.69 Å². The van der Waals surface area contributed by atoms with E-state index in [4.69, 9.17) is 5.11 Å². The number of hydrogen-bond donors (Lipinski definition) is 3. The van der Waals surface area contributed by atoms with Gasteiger partial charge in [-0.3, -0.25) is 9.78 Å². The van der Waals surface area contributed by atoms with E-state index in [2.05, 4.69) is 29.5 Å². The summed E-state index contributed by atoms with van der Waals surface area (Å²) in [5, 5.41) is 14.1. The molecule has 0 radical (unpaired) electrons. The minimum Gasteiger partial charge on any atom is -0.465 e. The summed E-state index contributed by atoms with van der Waals surface area (Å²) >= 11 is 0. The van der Waals surface area contributed by atoms with Crippen LogP contribution in [-0.4, -0.2) is 28.6 Å². The second kappa shape index (κ2) is 8.82. The average Bonchev–Trinajstić information content (AvgIpc) is 2.59. The third-order valence-electron chi connectivity index (χ3n) is 3.77. The molecule has 1 aromatic heterocycles. The lowest BCUT2D eigenvalue weighted by atomic mass is 9.98. The number of carbonyl (C=O) groups excluding carboxylic acids is 1. The summed E-state index contributed by atoms with van der Waals surface area (Å²) in [5.41, 5.74) is 2.61. The van der Waals surface area contributed by atoms with Crippen LogP contribution >= 0.6 is 0 Å². The highest BCUT2D eigenvalue weighted by atomic mass is 16.4. The molecule has 0 saturated carbocycles. The zero-order valence-electron chi connectivity index (χ0n) is 14.5. The molecule has 1 aromatic carbocycles. The number of carbonyl (C=O) groups is 2. The average molecular weight is 341 g/mol. The molecular formula is C19H23N3O3. The number of rotatable bonds is 7. The number of nitrogens with one attached hydrogen (secondary N) is 2. The van der Waals surface area contributed by atoms with Gasteiger partial charge in [-0.15, -0.1) is 0 Å². The van der Waals surface area contributed by atoms with Crippen molar-refractivity contribution < 1.29 is 14.7 Å². The van der Waals surface area contributed by atoms with Crippen LogP contribution in [0.2, 0.25) is 0 Å². The Morgan fingerprint density at radius 1 is 1.08 bits per heavy atom. The number of hydrogen-bond acceptors (Lipinski definition) is 3. The van der Waals surface area contributed by atoms with Gasteiger partial charge in [0.25, 0.3) is 5.91 Å². The molecule has 1 heterocycles. The topological polar surface area (TPSA) is 91.3 Å². The smallest absolute Gasteiger partial charge is 0.404 e. The lowest BCUT2D eigenvalue weighted by molar-refractivity contribution is 0.0947. The number of aromatic nitrogens is 1. The maximum atomic E-state index is 12.5. The molecule has 0 unspecified atom stereocenters. The van der Waals surface area contributed by atoms with Crippen molar-refractivity contribution in [3.8, 4) is 11.1 Å². The van der Waals surface area contributed by atoms with E-state index < -0.39 is 6.09 Å². The van der Waals surface area contributed by atoms with Gasteiger partial charge < -0.3 is 15.7 Å². The van der Waals surface area contributed by atoms with Crippen molar-refractivity contribution >= 4 is 12.0 Å². The molecule has 0 bridgehead atoms. The molecule has 0 aliphatic carbocycles. The molecule has 2 rings (SSSR count). The summed E-state index contributed by atoms with van der Waals surface area (Å²) < 4.78 is 0. The van der Waals surface area contributed by atoms with Gasteiger partial charge in [-0.05, 0) is 29.5 Å². The molecule has 0 saturated heterocycles. The first-order valence-electron chi connectivity index (χ1n) is 8.27. The van der Waals surface area contributed by atoms with E-state index in [1.54, 1.807) is 12.3 Å². The molecule has 132 valence electrons. The Morgan fingerprint density at radius 3 is 2.52 bits per heavy atom. The van der Waals surface area contributed by atoms with Gasteiger partial charge >= 0.3 is 6.09 Å². The number of carboxylic acid groups (broad SMARTS) is 1. The van der Waals surface area contributed by atoms with Gasteiger partial charge in [-0.25, -0.2) is 4.79 Å². The molecule has 0 atom stereocenters. The Morgan fingerprint density at radius 2 is 1.80 bits per heavy atom. The molecule has 0 aliphatic rings. The highest BCUT2D eigenvalue weighted by molar-refractivity contribution is 5.99. The van der Waals surface area contributed by atoms with E-state index in [0.29, 0.717) is 23.7 Å². The first-order valence-corrected chi connectivity index (χ1v) is 8.27. The fourth-order valence-electron chi connectivity index (χ4n) is 2.47. The van der Waals surface area contributed by atoms with Crippen LogP contribution in [0.4, 0.5) is 4.79 Å². The normalized spacial score (nSPS) is 10.5. The minimum atomic E-state index is -1.09. The maximum Gasteiger partial charge on any atom is 0.404 e. The van der Waals surface area contributed by atoms with Crippen LogP contribution < -0.4 is 10.6 Å². The van der Waals surface area contributed by atoms with Crippen LogP contribution in [0, 0.1) is 5.92 Å². The van der Waals surface area contributed by atoms with Gasteiger partial charge in [-0.1, -0.05) is 44.2 Å². The zero-order valence-corrected chi connectivity index (χ0v) is 14.5. The first kappa shape index (κ1) is 18.4. The van der Waals surface area contributed by atoms with Gasteiger partial charge in [0.15, 0.2) is 0 Å². The summed E-state index contributed by atoms with van der Waals surface area (Å²) in [6, 6.07) is 11.0. The quantitative estimate of drug-likeness (QED) is 0.720. The van der Waals surface area contributed by atoms with E-state index in [-0.39, 0.29) is 12.5 Å². The summed E-state index contributed by atoms with van der Waals surface area (Å²) in [6.45, 7) is 4.96. The number of pyridine rings is 1. The second-order valence-electron chi connectivity index (χ2n) is 6.15. The molecule has 0 fully saturated rings. The Hall–Kier alpha value is -2.89. The van der Waals surface area contributed by atoms with E-state index in [9.17, 15) is 9.59 Å². The minimum absolute atomic E-state index is 0.162. The van der Waals surface area contributed by atoms with Crippen molar-refractivity contribution in [2.24, 2.45) is 5.92 Å². The number of nitrogens with zero attached hydrogens (tertiary/aromatic N) is 1. The molecule has 2 amide bonds. The highest BCUT2D eigenvalue weighted by Gasteiger charge is 2.16. The van der Waals surface area contributed by atoms with Crippen LogP contribution in [-0.2, 0) is 6.54 Å². The van der Waals surface area contributed by atoms with Crippen LogP contribution in [0.5, 0.6) is 0 Å². The van der Waals surface area contributed by atoms with Crippen molar-refractivity contribution in [1.29, 1.82) is 0 Å². The predicted octanol–water partition coefficient (Wildman–Crippen LogP) is 3.29. The van der Waals surface area contributed by atoms with Crippen LogP contribution in [0.1, 0.15) is 36.3 Å². The van der Waals surface area contributed by atoms with Crippen molar-refractivity contribution in [3.63, 3.8) is 0 Å². The molecule has 6 heteroatoms. The number of benzene rings is 1. The standard InChI is InChI=1S/C19H23N3O3/c1-13(2)9-11-21-18(23)17-16(8-5-10-20-17)15-7-4-3-6-14(15)12-22-19(24)25/h3-8,10,13,22H,9,11-12H2,1-2H3,(H,21,23)(H,24,25). The molecule has 6 nitrogen and oxygen atoms in total. The fourth-order valence-corrected chi connectivity index (χ4v) is 2.47. The summed E-state index contributed by atoms with van der Waals surface area (Å²) in [6.07, 6.45) is 1.39. The Bertz CT molecular complexity index is 744. The summed E-state index contributed by atoms with van der Waals surface area (Å²) in [4.78, 5) is 27.5. The van der Waals surface area contributed by atoms with Crippen molar-refractivity contribution in [2.75, 3.05) is 6.54 Å². The zero-order chi connectivity index (χ0) is 18.2. The van der Waals surface area contributed by atoms with Crippen LogP contribution in [0.3, 0.4) is 0 Å². The Labute approximate surface area is 147 Å². The Kier molecular flexibility index (Phi) is 6.51. The monoisotopic (exact) mass is 341 g/mol. The van der Waals surface area contributed by atoms with E-state index in [1.165, 1.54) is 0 Å².